The summed E-state index contributed by atoms with van der Waals surface area (Å²) in [4.78, 5) is 10.9. The zero-order valence-electron chi connectivity index (χ0n) is 7.08. The van der Waals surface area contributed by atoms with E-state index in [0.717, 1.165) is 6.29 Å². The van der Waals surface area contributed by atoms with Crippen LogP contribution in [0.1, 0.15) is 20.3 Å². The van der Waals surface area contributed by atoms with E-state index < -0.39 is 0 Å². The maximum Gasteiger partial charge on any atom is 0.126 e. The number of allylic oxidation sites excluding steroid dienone is 2. The summed E-state index contributed by atoms with van der Waals surface area (Å²) in [5.74, 6) is 1.75. The molecule has 1 nitrogen and oxygen atoms in total. The van der Waals surface area contributed by atoms with Gasteiger partial charge in [-0.05, 0) is 24.2 Å². The minimum absolute atomic E-state index is 0.0561. The van der Waals surface area contributed by atoms with E-state index in [2.05, 4.69) is 26.0 Å². The van der Waals surface area contributed by atoms with E-state index in [1.807, 2.05) is 0 Å². The average Bonchev–Trinajstić information content (AvgIpc) is 2.56. The molecule has 0 aromatic rings. The molecule has 0 saturated heterocycles. The first-order chi connectivity index (χ1) is 5.18. The Balaban J connectivity index is 2.38. The smallest absolute Gasteiger partial charge is 0.126 e. The predicted octanol–water partition coefficient (Wildman–Crippen LogP) is 2.03. The highest BCUT2D eigenvalue weighted by atomic mass is 16.1. The van der Waals surface area contributed by atoms with Crippen LogP contribution in [0, 0.1) is 23.2 Å². The van der Waals surface area contributed by atoms with Crippen LogP contribution >= 0.6 is 0 Å². The van der Waals surface area contributed by atoms with Crippen molar-refractivity contribution in [3.05, 3.63) is 12.2 Å². The van der Waals surface area contributed by atoms with Crippen molar-refractivity contribution < 1.29 is 4.79 Å². The standard InChI is InChI=1S/C10H14O/c1-7-8-3-4-9(5-8)10(7,2)6-11/h3-4,6-9H,5H2,1-2H3/t7-,8-,9+,10-/m1/s1. The summed E-state index contributed by atoms with van der Waals surface area (Å²) in [7, 11) is 0. The van der Waals surface area contributed by atoms with Crippen molar-refractivity contribution in [2.75, 3.05) is 0 Å². The fourth-order valence-electron chi connectivity index (χ4n) is 2.55. The quantitative estimate of drug-likeness (QED) is 0.413. The summed E-state index contributed by atoms with van der Waals surface area (Å²) in [6.45, 7) is 4.29. The van der Waals surface area contributed by atoms with Gasteiger partial charge in [-0.3, -0.25) is 0 Å². The molecule has 0 unspecified atom stereocenters. The highest BCUT2D eigenvalue weighted by molar-refractivity contribution is 5.62. The molecule has 0 N–H and O–H groups in total. The summed E-state index contributed by atoms with van der Waals surface area (Å²) in [6, 6.07) is 0. The largest absolute Gasteiger partial charge is 0.303 e. The van der Waals surface area contributed by atoms with E-state index in [-0.39, 0.29) is 5.41 Å². The van der Waals surface area contributed by atoms with Crippen LogP contribution in [0.4, 0.5) is 0 Å². The van der Waals surface area contributed by atoms with Crippen molar-refractivity contribution in [2.45, 2.75) is 20.3 Å². The molecule has 1 saturated carbocycles. The van der Waals surface area contributed by atoms with Crippen LogP contribution in [0.3, 0.4) is 0 Å². The third-order valence-corrected chi connectivity index (χ3v) is 3.79. The van der Waals surface area contributed by atoms with E-state index in [0.29, 0.717) is 17.8 Å². The lowest BCUT2D eigenvalue weighted by molar-refractivity contribution is -0.118. The molecule has 0 amide bonds. The van der Waals surface area contributed by atoms with Gasteiger partial charge < -0.3 is 4.79 Å². The average molecular weight is 150 g/mol. The van der Waals surface area contributed by atoms with Crippen LogP contribution in [0.25, 0.3) is 0 Å². The summed E-state index contributed by atoms with van der Waals surface area (Å²) >= 11 is 0. The van der Waals surface area contributed by atoms with Gasteiger partial charge in [0.05, 0.1) is 0 Å². The molecule has 0 spiro atoms. The molecular formula is C10H14O. The molecule has 0 heterocycles. The fraction of sp³-hybridized carbons (Fsp3) is 0.700. The van der Waals surface area contributed by atoms with Gasteiger partial charge in [0.15, 0.2) is 0 Å². The Labute approximate surface area is 67.5 Å². The molecule has 0 aromatic heterocycles. The van der Waals surface area contributed by atoms with Crippen molar-refractivity contribution in [3.63, 3.8) is 0 Å². The molecule has 1 heteroatoms. The van der Waals surface area contributed by atoms with Crippen molar-refractivity contribution >= 4 is 6.29 Å². The highest BCUT2D eigenvalue weighted by Gasteiger charge is 2.50. The topological polar surface area (TPSA) is 17.1 Å². The zero-order chi connectivity index (χ0) is 8.06. The zero-order valence-corrected chi connectivity index (χ0v) is 7.08. The van der Waals surface area contributed by atoms with Gasteiger partial charge in [-0.15, -0.1) is 0 Å². The lowest BCUT2D eigenvalue weighted by Crippen LogP contribution is -2.30. The predicted molar refractivity (Wildman–Crippen MR) is 44.1 cm³/mol. The van der Waals surface area contributed by atoms with E-state index in [1.165, 1.54) is 6.42 Å². The van der Waals surface area contributed by atoms with Crippen LogP contribution in [0.15, 0.2) is 12.2 Å². The first kappa shape index (κ1) is 7.08. The normalized spacial score (nSPS) is 53.5. The number of aldehydes is 1. The molecule has 0 aliphatic heterocycles. The van der Waals surface area contributed by atoms with Crippen LogP contribution in [-0.4, -0.2) is 6.29 Å². The Morgan fingerprint density at radius 1 is 1.55 bits per heavy atom. The summed E-state index contributed by atoms with van der Waals surface area (Å²) in [6.07, 6.45) is 6.86. The van der Waals surface area contributed by atoms with Crippen molar-refractivity contribution in [3.8, 4) is 0 Å². The van der Waals surface area contributed by atoms with Crippen LogP contribution in [0.5, 0.6) is 0 Å². The van der Waals surface area contributed by atoms with Gasteiger partial charge in [0.1, 0.15) is 6.29 Å². The first-order valence-corrected chi connectivity index (χ1v) is 4.33. The number of carbonyl (C=O) groups is 1. The highest BCUT2D eigenvalue weighted by Crippen LogP contribution is 2.54. The fourth-order valence-corrected chi connectivity index (χ4v) is 2.55. The number of rotatable bonds is 1. The Bertz CT molecular complexity index is 219. The van der Waals surface area contributed by atoms with E-state index in [9.17, 15) is 4.79 Å². The molecule has 2 aliphatic carbocycles. The van der Waals surface area contributed by atoms with Crippen molar-refractivity contribution in [2.24, 2.45) is 23.2 Å². The summed E-state index contributed by atoms with van der Waals surface area (Å²) in [5.41, 5.74) is -0.0561. The minimum atomic E-state index is -0.0561. The lowest BCUT2D eigenvalue weighted by Gasteiger charge is -2.30. The van der Waals surface area contributed by atoms with Crippen LogP contribution in [-0.2, 0) is 4.79 Å². The second-order valence-electron chi connectivity index (χ2n) is 4.16. The Morgan fingerprint density at radius 3 is 2.64 bits per heavy atom. The second-order valence-corrected chi connectivity index (χ2v) is 4.16. The summed E-state index contributed by atoms with van der Waals surface area (Å²) in [5, 5.41) is 0. The number of fused-ring (bicyclic) bond motifs is 2. The maximum absolute atomic E-state index is 10.9. The van der Waals surface area contributed by atoms with Crippen LogP contribution in [0.2, 0.25) is 0 Å². The molecule has 60 valence electrons. The molecule has 2 aliphatic rings. The van der Waals surface area contributed by atoms with Gasteiger partial charge in [-0.2, -0.15) is 0 Å². The molecule has 2 rings (SSSR count). The van der Waals surface area contributed by atoms with Gasteiger partial charge >= 0.3 is 0 Å². The molecular weight excluding hydrogens is 136 g/mol. The second kappa shape index (κ2) is 1.96. The summed E-state index contributed by atoms with van der Waals surface area (Å²) < 4.78 is 0. The Hall–Kier alpha value is -0.590. The van der Waals surface area contributed by atoms with E-state index >= 15 is 0 Å². The molecule has 4 atom stereocenters. The molecule has 0 radical (unpaired) electrons. The number of hydrogen-bond acceptors (Lipinski definition) is 1. The van der Waals surface area contributed by atoms with Gasteiger partial charge in [-0.1, -0.05) is 26.0 Å². The van der Waals surface area contributed by atoms with Crippen molar-refractivity contribution in [1.82, 2.24) is 0 Å². The van der Waals surface area contributed by atoms with E-state index in [4.69, 9.17) is 0 Å². The third kappa shape index (κ3) is 0.688. The Morgan fingerprint density at radius 2 is 2.27 bits per heavy atom. The number of carbonyl (C=O) groups excluding carboxylic acids is 1. The first-order valence-electron chi connectivity index (χ1n) is 4.33. The minimum Gasteiger partial charge on any atom is -0.303 e. The SMILES string of the molecule is C[C@@H]1[C@@H]2C=C[C@@H](C2)[C@]1(C)C=O. The molecule has 11 heavy (non-hydrogen) atoms. The van der Waals surface area contributed by atoms with Gasteiger partial charge in [0, 0.05) is 5.41 Å². The molecule has 0 aromatic carbocycles. The Kier molecular flexibility index (Phi) is 1.26. The maximum atomic E-state index is 10.9. The monoisotopic (exact) mass is 150 g/mol. The van der Waals surface area contributed by atoms with Gasteiger partial charge in [0.2, 0.25) is 0 Å². The van der Waals surface area contributed by atoms with E-state index in [1.54, 1.807) is 0 Å². The van der Waals surface area contributed by atoms with Gasteiger partial charge in [0.25, 0.3) is 0 Å². The third-order valence-electron chi connectivity index (χ3n) is 3.79. The molecule has 1 fully saturated rings. The molecule has 2 bridgehead atoms. The number of hydrogen-bond donors (Lipinski definition) is 0. The lowest BCUT2D eigenvalue weighted by atomic mass is 9.72. The van der Waals surface area contributed by atoms with Crippen LogP contribution < -0.4 is 0 Å². The van der Waals surface area contributed by atoms with Gasteiger partial charge in [-0.25, -0.2) is 0 Å². The van der Waals surface area contributed by atoms with Crippen molar-refractivity contribution in [1.29, 1.82) is 0 Å².